The summed E-state index contributed by atoms with van der Waals surface area (Å²) in [4.78, 5) is 4.96. The molecule has 9 nitrogen and oxygen atoms in total. The first-order valence-electron chi connectivity index (χ1n) is 10.9. The summed E-state index contributed by atoms with van der Waals surface area (Å²) in [6.07, 6.45) is 5.38. The lowest BCUT2D eigenvalue weighted by atomic mass is 10.1. The summed E-state index contributed by atoms with van der Waals surface area (Å²) in [6, 6.07) is 16.7. The van der Waals surface area contributed by atoms with Crippen molar-refractivity contribution in [3.8, 4) is 16.9 Å². The molecule has 0 saturated carbocycles. The van der Waals surface area contributed by atoms with E-state index >= 15 is 0 Å². The summed E-state index contributed by atoms with van der Waals surface area (Å²) in [5, 5.41) is 13.0. The molecule has 0 bridgehead atoms. The quantitative estimate of drug-likeness (QED) is 0.342. The maximum absolute atomic E-state index is 11.7. The Morgan fingerprint density at radius 3 is 2.62 bits per heavy atom. The topological polar surface area (TPSA) is 105 Å². The number of benzene rings is 2. The number of sulfone groups is 1. The number of nitrogens with zero attached hydrogens (tertiary/aromatic N) is 6. The third-order valence-corrected chi connectivity index (χ3v) is 7.79. The number of thioether (sulfide) groups is 1. The minimum atomic E-state index is -3.27. The van der Waals surface area contributed by atoms with Crippen molar-refractivity contribution in [2.75, 3.05) is 12.9 Å². The Morgan fingerprint density at radius 1 is 1.12 bits per heavy atom. The third-order valence-electron chi connectivity index (χ3n) is 5.67. The van der Waals surface area contributed by atoms with Gasteiger partial charge < -0.3 is 9.30 Å². The van der Waals surface area contributed by atoms with Crippen LogP contribution in [0.15, 0.2) is 70.8 Å². The lowest BCUT2D eigenvalue weighted by molar-refractivity contribution is 0.0954. The van der Waals surface area contributed by atoms with E-state index < -0.39 is 9.84 Å². The van der Waals surface area contributed by atoms with Gasteiger partial charge >= 0.3 is 0 Å². The highest BCUT2D eigenvalue weighted by atomic mass is 32.2. The van der Waals surface area contributed by atoms with Gasteiger partial charge in [0.15, 0.2) is 20.8 Å². The summed E-state index contributed by atoms with van der Waals surface area (Å²) in [7, 11) is -3.27. The van der Waals surface area contributed by atoms with E-state index in [0.29, 0.717) is 17.3 Å². The fourth-order valence-electron chi connectivity index (χ4n) is 3.94. The molecule has 0 aliphatic carbocycles. The van der Waals surface area contributed by atoms with Crippen LogP contribution in [-0.2, 0) is 26.9 Å². The van der Waals surface area contributed by atoms with E-state index in [-0.39, 0.29) is 11.0 Å². The van der Waals surface area contributed by atoms with Crippen molar-refractivity contribution >= 4 is 21.6 Å². The van der Waals surface area contributed by atoms with E-state index in [1.165, 1.54) is 6.26 Å². The largest absolute Gasteiger partial charge is 0.376 e. The monoisotopic (exact) mass is 496 g/mol. The lowest BCUT2D eigenvalue weighted by Crippen LogP contribution is -2.16. The molecule has 0 N–H and O–H groups in total. The predicted octanol–water partition coefficient (Wildman–Crippen LogP) is 3.40. The van der Waals surface area contributed by atoms with E-state index in [0.717, 1.165) is 42.4 Å². The van der Waals surface area contributed by atoms with Crippen molar-refractivity contribution in [2.45, 2.75) is 41.3 Å². The van der Waals surface area contributed by atoms with Crippen LogP contribution in [0.25, 0.3) is 16.9 Å². The minimum absolute atomic E-state index is 0.176. The molecule has 2 aromatic heterocycles. The summed E-state index contributed by atoms with van der Waals surface area (Å²) in [6.45, 7) is 1.54. The van der Waals surface area contributed by atoms with Gasteiger partial charge in [-0.05, 0) is 53.1 Å². The van der Waals surface area contributed by atoms with Gasteiger partial charge in [-0.2, -0.15) is 4.68 Å². The Hall–Kier alpha value is -3.02. The molecule has 1 saturated heterocycles. The third kappa shape index (κ3) is 4.91. The van der Waals surface area contributed by atoms with Crippen molar-refractivity contribution in [1.82, 2.24) is 29.8 Å². The molecule has 1 aliphatic rings. The van der Waals surface area contributed by atoms with Crippen molar-refractivity contribution in [2.24, 2.45) is 0 Å². The zero-order chi connectivity index (χ0) is 23.5. The van der Waals surface area contributed by atoms with Crippen LogP contribution in [0.1, 0.15) is 18.7 Å². The minimum Gasteiger partial charge on any atom is -0.376 e. The van der Waals surface area contributed by atoms with Gasteiger partial charge in [-0.15, -0.1) is 5.10 Å². The second-order valence-electron chi connectivity index (χ2n) is 8.10. The average molecular weight is 497 g/mol. The van der Waals surface area contributed by atoms with E-state index in [9.17, 15) is 8.42 Å². The van der Waals surface area contributed by atoms with Crippen LogP contribution in [0.2, 0.25) is 0 Å². The van der Waals surface area contributed by atoms with Gasteiger partial charge in [-0.25, -0.2) is 13.4 Å². The normalized spacial score (nSPS) is 16.2. The van der Waals surface area contributed by atoms with Crippen LogP contribution in [0.4, 0.5) is 0 Å². The van der Waals surface area contributed by atoms with Crippen LogP contribution in [0.5, 0.6) is 0 Å². The van der Waals surface area contributed by atoms with E-state index in [4.69, 9.17) is 9.72 Å². The molecule has 2 aromatic carbocycles. The molecular weight excluding hydrogens is 472 g/mol. The maximum atomic E-state index is 11.7. The first kappa shape index (κ1) is 22.8. The van der Waals surface area contributed by atoms with Crippen LogP contribution in [-0.4, -0.2) is 57.1 Å². The van der Waals surface area contributed by atoms with Gasteiger partial charge in [0, 0.05) is 12.9 Å². The van der Waals surface area contributed by atoms with Gasteiger partial charge in [-0.1, -0.05) is 42.1 Å². The Labute approximate surface area is 202 Å². The van der Waals surface area contributed by atoms with E-state index in [1.807, 2.05) is 24.4 Å². The number of ether oxygens (including phenoxy) is 1. The molecule has 11 heteroatoms. The average Bonchev–Trinajstić information content (AvgIpc) is 3.60. The van der Waals surface area contributed by atoms with Crippen molar-refractivity contribution in [3.05, 3.63) is 66.6 Å². The van der Waals surface area contributed by atoms with Gasteiger partial charge in [0.2, 0.25) is 0 Å². The maximum Gasteiger partial charge on any atom is 0.175 e. The first-order chi connectivity index (χ1) is 16.5. The molecule has 0 amide bonds. The zero-order valence-electron chi connectivity index (χ0n) is 18.6. The Morgan fingerprint density at radius 2 is 1.91 bits per heavy atom. The summed E-state index contributed by atoms with van der Waals surface area (Å²) < 4.78 is 33.2. The Kier molecular flexibility index (Phi) is 6.48. The molecular formula is C23H24N6O3S2. The van der Waals surface area contributed by atoms with E-state index in [2.05, 4.69) is 32.2 Å². The van der Waals surface area contributed by atoms with Gasteiger partial charge in [0.25, 0.3) is 0 Å². The number of rotatable bonds is 8. The Bertz CT molecular complexity index is 1360. The number of tetrazole rings is 1. The highest BCUT2D eigenvalue weighted by Crippen LogP contribution is 2.30. The van der Waals surface area contributed by atoms with Crippen molar-refractivity contribution < 1.29 is 13.2 Å². The van der Waals surface area contributed by atoms with Crippen LogP contribution < -0.4 is 0 Å². The number of aromatic nitrogens is 6. The fraction of sp³-hybridized carbons (Fsp3) is 0.304. The second kappa shape index (κ2) is 9.69. The van der Waals surface area contributed by atoms with Crippen molar-refractivity contribution in [3.63, 3.8) is 0 Å². The van der Waals surface area contributed by atoms with E-state index in [1.54, 1.807) is 40.7 Å². The lowest BCUT2D eigenvalue weighted by Gasteiger charge is -2.16. The fourth-order valence-corrected chi connectivity index (χ4v) is 5.47. The second-order valence-corrected chi connectivity index (χ2v) is 11.1. The van der Waals surface area contributed by atoms with Crippen LogP contribution >= 0.6 is 11.8 Å². The SMILES string of the molecule is CS(=O)(=O)c1ccc(-n2nnnc2CSc2ncc(-c3ccccc3)n2CC2CCCO2)cc1. The first-order valence-corrected chi connectivity index (χ1v) is 13.8. The number of hydrogen-bond acceptors (Lipinski definition) is 8. The van der Waals surface area contributed by atoms with Gasteiger partial charge in [-0.3, -0.25) is 0 Å². The number of hydrogen-bond donors (Lipinski definition) is 0. The Balaban J connectivity index is 1.39. The van der Waals surface area contributed by atoms with Gasteiger partial charge in [0.05, 0.1) is 40.9 Å². The predicted molar refractivity (Wildman–Crippen MR) is 128 cm³/mol. The summed E-state index contributed by atoms with van der Waals surface area (Å²) in [5.41, 5.74) is 2.85. The molecule has 5 rings (SSSR count). The standard InChI is InChI=1S/C23H24N6O3S2/c1-34(30,31)20-11-9-18(10-12-20)29-22(25-26-27-29)16-33-23-24-14-21(17-6-3-2-4-7-17)28(23)15-19-8-5-13-32-19/h2-4,6-7,9-12,14,19H,5,8,13,15-16H2,1H3. The molecule has 0 radical (unpaired) electrons. The molecule has 0 spiro atoms. The number of imidazole rings is 1. The smallest absolute Gasteiger partial charge is 0.175 e. The molecule has 34 heavy (non-hydrogen) atoms. The molecule has 1 aliphatic heterocycles. The molecule has 1 unspecified atom stereocenters. The van der Waals surface area contributed by atoms with Crippen molar-refractivity contribution in [1.29, 1.82) is 0 Å². The van der Waals surface area contributed by atoms with Crippen LogP contribution in [0, 0.1) is 0 Å². The highest BCUT2D eigenvalue weighted by molar-refractivity contribution is 7.98. The molecule has 176 valence electrons. The molecule has 1 atom stereocenters. The molecule has 3 heterocycles. The summed E-state index contributed by atoms with van der Waals surface area (Å²) >= 11 is 1.56. The summed E-state index contributed by atoms with van der Waals surface area (Å²) in [5.74, 6) is 1.14. The van der Waals surface area contributed by atoms with Crippen LogP contribution in [0.3, 0.4) is 0 Å². The zero-order valence-corrected chi connectivity index (χ0v) is 20.2. The highest BCUT2D eigenvalue weighted by Gasteiger charge is 2.21. The molecule has 1 fully saturated rings. The molecule has 4 aromatic rings. The van der Waals surface area contributed by atoms with Gasteiger partial charge in [0.1, 0.15) is 0 Å².